The van der Waals surface area contributed by atoms with Crippen LogP contribution < -0.4 is 11.3 Å². The summed E-state index contributed by atoms with van der Waals surface area (Å²) < 4.78 is 25.6. The summed E-state index contributed by atoms with van der Waals surface area (Å²) in [6, 6.07) is 1.99. The van der Waals surface area contributed by atoms with Gasteiger partial charge in [0.05, 0.1) is 22.7 Å². The van der Waals surface area contributed by atoms with Gasteiger partial charge in [-0.2, -0.15) is 5.10 Å². The summed E-state index contributed by atoms with van der Waals surface area (Å²) >= 11 is 0. The number of hydrogen-bond donors (Lipinski definition) is 2. The maximum absolute atomic E-state index is 11.8. The van der Waals surface area contributed by atoms with Crippen molar-refractivity contribution in [1.29, 1.82) is 0 Å². The molecule has 0 aromatic carbocycles. The normalized spacial score (nSPS) is 25.0. The van der Waals surface area contributed by atoms with E-state index in [-0.39, 0.29) is 17.2 Å². The summed E-state index contributed by atoms with van der Waals surface area (Å²) in [5, 5.41) is 4.22. The molecule has 1 aliphatic carbocycles. The monoisotopic (exact) mass is 314 g/mol. The molecule has 0 bridgehead atoms. The maximum Gasteiger partial charge on any atom is 0.150 e. The lowest BCUT2D eigenvalue weighted by Gasteiger charge is -2.33. The smallest absolute Gasteiger partial charge is 0.150 e. The van der Waals surface area contributed by atoms with Gasteiger partial charge in [0.2, 0.25) is 0 Å². The van der Waals surface area contributed by atoms with Crippen molar-refractivity contribution in [2.75, 3.05) is 6.26 Å². The number of aryl methyl sites for hydroxylation is 2. The van der Waals surface area contributed by atoms with Crippen LogP contribution in [0.2, 0.25) is 0 Å². The van der Waals surface area contributed by atoms with Crippen LogP contribution in [0.15, 0.2) is 6.07 Å². The van der Waals surface area contributed by atoms with Crippen LogP contribution in [0.25, 0.3) is 0 Å². The van der Waals surface area contributed by atoms with Crippen molar-refractivity contribution < 1.29 is 8.42 Å². The van der Waals surface area contributed by atoms with Gasteiger partial charge in [-0.3, -0.25) is 16.0 Å². The standard InChI is InChI=1S/C14H26N4O2S/c1-4-18-13(8-10(2)17-18)14(16-15)11-6-5-7-12(9-11)21(3,19)20/h8,11-12,14,16H,4-7,9,15H2,1-3H3. The van der Waals surface area contributed by atoms with E-state index in [1.165, 1.54) is 6.26 Å². The Morgan fingerprint density at radius 2 is 2.24 bits per heavy atom. The van der Waals surface area contributed by atoms with Gasteiger partial charge in [-0.25, -0.2) is 8.42 Å². The first-order valence-corrected chi connectivity index (χ1v) is 9.51. The number of hydrazine groups is 1. The van der Waals surface area contributed by atoms with Crippen LogP contribution in [-0.2, 0) is 16.4 Å². The van der Waals surface area contributed by atoms with E-state index in [9.17, 15) is 8.42 Å². The lowest BCUT2D eigenvalue weighted by atomic mass is 9.82. The molecule has 3 N–H and O–H groups in total. The van der Waals surface area contributed by atoms with Gasteiger partial charge in [0.25, 0.3) is 0 Å². The van der Waals surface area contributed by atoms with E-state index >= 15 is 0 Å². The fourth-order valence-electron chi connectivity index (χ4n) is 3.40. The highest BCUT2D eigenvalue weighted by Gasteiger charge is 2.34. The second kappa shape index (κ2) is 6.46. The molecule has 1 aromatic heterocycles. The molecular formula is C14H26N4O2S. The van der Waals surface area contributed by atoms with E-state index in [2.05, 4.69) is 10.5 Å². The van der Waals surface area contributed by atoms with E-state index in [1.807, 2.05) is 24.6 Å². The minimum Gasteiger partial charge on any atom is -0.271 e. The molecule has 2 rings (SSSR count). The third kappa shape index (κ3) is 3.64. The van der Waals surface area contributed by atoms with Crippen LogP contribution in [0.4, 0.5) is 0 Å². The van der Waals surface area contributed by atoms with Crippen LogP contribution >= 0.6 is 0 Å². The first-order valence-electron chi connectivity index (χ1n) is 7.56. The van der Waals surface area contributed by atoms with Gasteiger partial charge in [0.15, 0.2) is 0 Å². The van der Waals surface area contributed by atoms with Crippen molar-refractivity contribution in [3.63, 3.8) is 0 Å². The maximum atomic E-state index is 11.8. The number of nitrogens with one attached hydrogen (secondary N) is 1. The number of hydrogen-bond acceptors (Lipinski definition) is 5. The van der Waals surface area contributed by atoms with Crippen LogP contribution in [0.3, 0.4) is 0 Å². The Balaban J connectivity index is 2.24. The van der Waals surface area contributed by atoms with Crippen molar-refractivity contribution in [3.8, 4) is 0 Å². The molecule has 0 radical (unpaired) electrons. The van der Waals surface area contributed by atoms with Gasteiger partial charge in [-0.15, -0.1) is 0 Å². The average Bonchev–Trinajstić information content (AvgIpc) is 2.80. The molecule has 3 unspecified atom stereocenters. The third-order valence-corrected chi connectivity index (χ3v) is 6.11. The van der Waals surface area contributed by atoms with Gasteiger partial charge >= 0.3 is 0 Å². The SMILES string of the molecule is CCn1nc(C)cc1C(NN)C1CCCC(S(C)(=O)=O)C1. The first kappa shape index (κ1) is 16.5. The second-order valence-electron chi connectivity index (χ2n) is 6.05. The molecule has 1 saturated carbocycles. The van der Waals surface area contributed by atoms with E-state index in [1.54, 1.807) is 0 Å². The van der Waals surface area contributed by atoms with E-state index in [0.717, 1.165) is 37.2 Å². The molecule has 21 heavy (non-hydrogen) atoms. The molecule has 1 aliphatic rings. The second-order valence-corrected chi connectivity index (χ2v) is 8.37. The lowest BCUT2D eigenvalue weighted by molar-refractivity contribution is 0.264. The Bertz CT molecular complexity index is 582. The van der Waals surface area contributed by atoms with Gasteiger partial charge in [-0.05, 0) is 45.1 Å². The molecule has 7 heteroatoms. The molecule has 0 aliphatic heterocycles. The number of rotatable bonds is 5. The third-order valence-electron chi connectivity index (χ3n) is 4.47. The summed E-state index contributed by atoms with van der Waals surface area (Å²) in [7, 11) is -2.98. The Labute approximate surface area is 127 Å². The Morgan fingerprint density at radius 3 is 2.81 bits per heavy atom. The van der Waals surface area contributed by atoms with Crippen molar-refractivity contribution >= 4 is 9.84 Å². The predicted molar refractivity (Wildman–Crippen MR) is 83.3 cm³/mol. The van der Waals surface area contributed by atoms with Crippen molar-refractivity contribution in [1.82, 2.24) is 15.2 Å². The summed E-state index contributed by atoms with van der Waals surface area (Å²) in [4.78, 5) is 0. The van der Waals surface area contributed by atoms with Crippen LogP contribution in [0.5, 0.6) is 0 Å². The van der Waals surface area contributed by atoms with Crippen molar-refractivity contribution in [2.24, 2.45) is 11.8 Å². The Hall–Kier alpha value is -0.920. The zero-order valence-electron chi connectivity index (χ0n) is 13.0. The summed E-state index contributed by atoms with van der Waals surface area (Å²) in [6.45, 7) is 4.79. The van der Waals surface area contributed by atoms with E-state index in [4.69, 9.17) is 5.84 Å². The fourth-order valence-corrected chi connectivity index (χ4v) is 4.60. The van der Waals surface area contributed by atoms with Gasteiger partial charge in [0.1, 0.15) is 9.84 Å². The van der Waals surface area contributed by atoms with Crippen molar-refractivity contribution in [2.45, 2.75) is 57.4 Å². The summed E-state index contributed by atoms with van der Waals surface area (Å²) in [5.74, 6) is 6.01. The predicted octanol–water partition coefficient (Wildman–Crippen LogP) is 1.32. The number of nitrogens with zero attached hydrogens (tertiary/aromatic N) is 2. The quantitative estimate of drug-likeness (QED) is 0.632. The summed E-state index contributed by atoms with van der Waals surface area (Å²) in [5.41, 5.74) is 4.91. The Morgan fingerprint density at radius 1 is 1.52 bits per heavy atom. The topological polar surface area (TPSA) is 90.0 Å². The zero-order chi connectivity index (χ0) is 15.6. The number of sulfone groups is 1. The van der Waals surface area contributed by atoms with E-state index < -0.39 is 9.84 Å². The van der Waals surface area contributed by atoms with Gasteiger partial charge < -0.3 is 0 Å². The highest BCUT2D eigenvalue weighted by atomic mass is 32.2. The molecular weight excluding hydrogens is 288 g/mol. The molecule has 3 atom stereocenters. The van der Waals surface area contributed by atoms with Gasteiger partial charge in [-0.1, -0.05) is 6.42 Å². The highest BCUT2D eigenvalue weighted by Crippen LogP contribution is 2.36. The van der Waals surface area contributed by atoms with Gasteiger partial charge in [0, 0.05) is 12.8 Å². The Kier molecular flexibility index (Phi) is 5.06. The van der Waals surface area contributed by atoms with Crippen LogP contribution in [0, 0.1) is 12.8 Å². The largest absolute Gasteiger partial charge is 0.271 e. The molecule has 120 valence electrons. The minimum atomic E-state index is -2.98. The number of nitrogens with two attached hydrogens (primary N) is 1. The summed E-state index contributed by atoms with van der Waals surface area (Å²) in [6.07, 6.45) is 4.69. The first-order chi connectivity index (χ1) is 9.86. The highest BCUT2D eigenvalue weighted by molar-refractivity contribution is 7.91. The molecule has 1 aromatic rings. The molecule has 0 amide bonds. The number of aromatic nitrogens is 2. The molecule has 6 nitrogen and oxygen atoms in total. The minimum absolute atomic E-state index is 0.0456. The lowest BCUT2D eigenvalue weighted by Crippen LogP contribution is -2.39. The fraction of sp³-hybridized carbons (Fsp3) is 0.786. The zero-order valence-corrected chi connectivity index (χ0v) is 13.9. The average molecular weight is 314 g/mol. The van der Waals surface area contributed by atoms with E-state index in [0.29, 0.717) is 6.42 Å². The van der Waals surface area contributed by atoms with Crippen molar-refractivity contribution in [3.05, 3.63) is 17.5 Å². The van der Waals surface area contributed by atoms with Crippen LogP contribution in [-0.4, -0.2) is 29.7 Å². The molecule has 0 spiro atoms. The molecule has 0 saturated heterocycles. The molecule has 1 heterocycles. The molecule has 1 fully saturated rings. The van der Waals surface area contributed by atoms with Crippen LogP contribution in [0.1, 0.15) is 50.0 Å².